The molecule has 0 aliphatic carbocycles. The molecule has 0 spiro atoms. The summed E-state index contributed by atoms with van der Waals surface area (Å²) in [4.78, 5) is 14.3. The summed E-state index contributed by atoms with van der Waals surface area (Å²) < 4.78 is 0.925. The number of likely N-dealkylation sites (tertiary alicyclic amines) is 1. The second-order valence-corrected chi connectivity index (χ2v) is 6.53. The van der Waals surface area contributed by atoms with Gasteiger partial charge in [-0.25, -0.2) is 0 Å². The lowest BCUT2D eigenvalue weighted by molar-refractivity contribution is 0.0660. The van der Waals surface area contributed by atoms with Gasteiger partial charge in [-0.1, -0.05) is 18.5 Å². The van der Waals surface area contributed by atoms with Crippen molar-refractivity contribution in [3.05, 3.63) is 32.4 Å². The first-order valence-electron chi connectivity index (χ1n) is 5.97. The van der Waals surface area contributed by atoms with E-state index < -0.39 is 0 Å². The van der Waals surface area contributed by atoms with Crippen LogP contribution in [0, 0.1) is 9.49 Å². The Morgan fingerprint density at radius 1 is 1.50 bits per heavy atom. The molecule has 3 nitrogen and oxygen atoms in total. The van der Waals surface area contributed by atoms with Gasteiger partial charge in [-0.3, -0.25) is 4.79 Å². The Morgan fingerprint density at radius 2 is 2.22 bits per heavy atom. The van der Waals surface area contributed by atoms with Gasteiger partial charge in [-0.2, -0.15) is 0 Å². The molecule has 0 aromatic heterocycles. The molecule has 5 heteroatoms. The third-order valence-corrected chi connectivity index (χ3v) is 4.31. The third kappa shape index (κ3) is 3.16. The lowest BCUT2D eigenvalue weighted by Gasteiger charge is -2.35. The second kappa shape index (κ2) is 5.75. The maximum atomic E-state index is 12.5. The number of halogens is 2. The van der Waals surface area contributed by atoms with Crippen molar-refractivity contribution in [1.82, 2.24) is 4.90 Å². The Labute approximate surface area is 126 Å². The van der Waals surface area contributed by atoms with E-state index in [1.807, 2.05) is 11.0 Å². The van der Waals surface area contributed by atoms with Crippen molar-refractivity contribution in [1.29, 1.82) is 0 Å². The van der Waals surface area contributed by atoms with Crippen molar-refractivity contribution < 1.29 is 4.79 Å². The molecular weight excluding hydrogens is 363 g/mol. The van der Waals surface area contributed by atoms with Gasteiger partial charge in [0.05, 0.1) is 5.56 Å². The van der Waals surface area contributed by atoms with Crippen LogP contribution in [-0.4, -0.2) is 29.9 Å². The van der Waals surface area contributed by atoms with Crippen LogP contribution < -0.4 is 5.73 Å². The molecule has 98 valence electrons. The van der Waals surface area contributed by atoms with Crippen molar-refractivity contribution in [3.63, 3.8) is 0 Å². The number of nitrogens with zero attached hydrogens (tertiary/aromatic N) is 1. The monoisotopic (exact) mass is 378 g/mol. The van der Waals surface area contributed by atoms with E-state index in [9.17, 15) is 4.79 Å². The zero-order valence-corrected chi connectivity index (χ0v) is 13.1. The van der Waals surface area contributed by atoms with Gasteiger partial charge in [0, 0.05) is 27.7 Å². The van der Waals surface area contributed by atoms with Crippen LogP contribution >= 0.6 is 34.2 Å². The summed E-state index contributed by atoms with van der Waals surface area (Å²) in [5.41, 5.74) is 6.65. The van der Waals surface area contributed by atoms with Crippen molar-refractivity contribution in [2.75, 3.05) is 13.1 Å². The minimum absolute atomic E-state index is 0.0314. The standard InChI is InChI=1S/C13H16ClIN2O/c1-8-4-10(16)7-17(6-8)13(18)11-5-9(14)2-3-12(11)15/h2-3,5,8,10H,4,6-7,16H2,1H3. The molecule has 1 saturated heterocycles. The quantitative estimate of drug-likeness (QED) is 0.764. The van der Waals surface area contributed by atoms with Gasteiger partial charge in [0.15, 0.2) is 0 Å². The number of amides is 1. The number of benzene rings is 1. The highest BCUT2D eigenvalue weighted by atomic mass is 127. The number of rotatable bonds is 1. The molecule has 1 aliphatic heterocycles. The normalized spacial score (nSPS) is 24.1. The largest absolute Gasteiger partial charge is 0.337 e. The molecule has 0 radical (unpaired) electrons. The molecule has 1 aromatic carbocycles. The predicted molar refractivity (Wildman–Crippen MR) is 81.8 cm³/mol. The van der Waals surface area contributed by atoms with Gasteiger partial charge in [-0.15, -0.1) is 0 Å². The summed E-state index contributed by atoms with van der Waals surface area (Å²) in [5.74, 6) is 0.485. The Balaban J connectivity index is 2.22. The molecule has 2 rings (SSSR count). The van der Waals surface area contributed by atoms with Gasteiger partial charge in [-0.05, 0) is 53.1 Å². The van der Waals surface area contributed by atoms with Crippen molar-refractivity contribution in [2.24, 2.45) is 11.7 Å². The van der Waals surface area contributed by atoms with Crippen molar-refractivity contribution >= 4 is 40.1 Å². The van der Waals surface area contributed by atoms with E-state index in [4.69, 9.17) is 17.3 Å². The van der Waals surface area contributed by atoms with E-state index in [-0.39, 0.29) is 11.9 Å². The van der Waals surface area contributed by atoms with Gasteiger partial charge >= 0.3 is 0 Å². The average Bonchev–Trinajstić information content (AvgIpc) is 2.30. The van der Waals surface area contributed by atoms with E-state index in [0.717, 1.165) is 16.5 Å². The number of nitrogens with two attached hydrogens (primary N) is 1. The zero-order chi connectivity index (χ0) is 13.3. The summed E-state index contributed by atoms with van der Waals surface area (Å²) in [6.07, 6.45) is 0.983. The molecule has 18 heavy (non-hydrogen) atoms. The first kappa shape index (κ1) is 14.1. The van der Waals surface area contributed by atoms with E-state index in [1.165, 1.54) is 0 Å². The summed E-state index contributed by atoms with van der Waals surface area (Å²) in [6, 6.07) is 5.47. The van der Waals surface area contributed by atoms with Crippen molar-refractivity contribution in [3.8, 4) is 0 Å². The van der Waals surface area contributed by atoms with E-state index in [0.29, 0.717) is 23.0 Å². The maximum Gasteiger partial charge on any atom is 0.255 e. The molecule has 1 aliphatic rings. The van der Waals surface area contributed by atoms with Gasteiger partial charge in [0.2, 0.25) is 0 Å². The van der Waals surface area contributed by atoms with Gasteiger partial charge in [0.25, 0.3) is 5.91 Å². The molecular formula is C13H16ClIN2O. The van der Waals surface area contributed by atoms with Crippen molar-refractivity contribution in [2.45, 2.75) is 19.4 Å². The summed E-state index contributed by atoms with van der Waals surface area (Å²) >= 11 is 8.12. The first-order chi connectivity index (χ1) is 8.47. The van der Waals surface area contributed by atoms with E-state index in [1.54, 1.807) is 12.1 Å². The van der Waals surface area contributed by atoms with E-state index >= 15 is 0 Å². The number of hydrogen-bond acceptors (Lipinski definition) is 2. The number of piperidine rings is 1. The fourth-order valence-electron chi connectivity index (χ4n) is 2.40. The summed E-state index contributed by atoms with van der Waals surface area (Å²) in [5, 5.41) is 0.591. The van der Waals surface area contributed by atoms with Crippen LogP contribution in [0.5, 0.6) is 0 Å². The Kier molecular flexibility index (Phi) is 4.50. The maximum absolute atomic E-state index is 12.5. The smallest absolute Gasteiger partial charge is 0.255 e. The molecule has 1 aromatic rings. The molecule has 1 amide bonds. The molecule has 2 unspecified atom stereocenters. The number of carbonyl (C=O) groups is 1. The predicted octanol–water partition coefficient (Wildman–Crippen LogP) is 2.75. The van der Waals surface area contributed by atoms with Crippen LogP contribution in [0.4, 0.5) is 0 Å². The lowest BCUT2D eigenvalue weighted by Crippen LogP contribution is -2.49. The molecule has 0 saturated carbocycles. The van der Waals surface area contributed by atoms with Crippen LogP contribution in [0.1, 0.15) is 23.7 Å². The number of hydrogen-bond donors (Lipinski definition) is 1. The van der Waals surface area contributed by atoms with Gasteiger partial charge < -0.3 is 10.6 Å². The minimum Gasteiger partial charge on any atom is -0.337 e. The van der Waals surface area contributed by atoms with Crippen LogP contribution in [-0.2, 0) is 0 Å². The van der Waals surface area contributed by atoms with E-state index in [2.05, 4.69) is 29.5 Å². The minimum atomic E-state index is 0.0314. The third-order valence-electron chi connectivity index (χ3n) is 3.14. The molecule has 2 N–H and O–H groups in total. The highest BCUT2D eigenvalue weighted by molar-refractivity contribution is 14.1. The Morgan fingerprint density at radius 3 is 2.89 bits per heavy atom. The molecule has 1 heterocycles. The lowest BCUT2D eigenvalue weighted by atomic mass is 9.96. The highest BCUT2D eigenvalue weighted by Gasteiger charge is 2.27. The Hall–Kier alpha value is -0.330. The van der Waals surface area contributed by atoms with Crippen LogP contribution in [0.25, 0.3) is 0 Å². The van der Waals surface area contributed by atoms with Crippen LogP contribution in [0.2, 0.25) is 5.02 Å². The first-order valence-corrected chi connectivity index (χ1v) is 7.43. The molecule has 1 fully saturated rings. The summed E-state index contributed by atoms with van der Waals surface area (Å²) in [6.45, 7) is 3.53. The summed E-state index contributed by atoms with van der Waals surface area (Å²) in [7, 11) is 0. The fourth-order valence-corrected chi connectivity index (χ4v) is 3.14. The SMILES string of the molecule is CC1CC(N)CN(C(=O)c2cc(Cl)ccc2I)C1. The van der Waals surface area contributed by atoms with Crippen LogP contribution in [0.15, 0.2) is 18.2 Å². The highest BCUT2D eigenvalue weighted by Crippen LogP contribution is 2.22. The van der Waals surface area contributed by atoms with Gasteiger partial charge in [0.1, 0.15) is 0 Å². The topological polar surface area (TPSA) is 46.3 Å². The number of carbonyl (C=O) groups excluding carboxylic acids is 1. The molecule has 0 bridgehead atoms. The van der Waals surface area contributed by atoms with Crippen LogP contribution in [0.3, 0.4) is 0 Å². The molecule has 2 atom stereocenters. The average molecular weight is 379 g/mol. The fraction of sp³-hybridized carbons (Fsp3) is 0.462. The second-order valence-electron chi connectivity index (χ2n) is 4.94. The Bertz CT molecular complexity index is 456. The zero-order valence-electron chi connectivity index (χ0n) is 10.2.